The van der Waals surface area contributed by atoms with Crippen molar-refractivity contribution in [2.75, 3.05) is 23.0 Å². The minimum absolute atomic E-state index is 0.0207. The monoisotopic (exact) mass is 317 g/mol. The molecular formula is C17H19NO3S. The number of hydrogen-bond donors (Lipinski definition) is 0. The Kier molecular flexibility index (Phi) is 3.91. The number of carbonyl (C=O) groups is 1. The highest BCUT2D eigenvalue weighted by Gasteiger charge is 2.35. The molecule has 0 saturated carbocycles. The Bertz CT molecular complexity index is 808. The van der Waals surface area contributed by atoms with Gasteiger partial charge in [-0.25, -0.2) is 8.42 Å². The molecule has 22 heavy (non-hydrogen) atoms. The van der Waals surface area contributed by atoms with Crippen LogP contribution >= 0.6 is 0 Å². The molecule has 1 fully saturated rings. The van der Waals surface area contributed by atoms with Gasteiger partial charge in [0.2, 0.25) is 5.91 Å². The number of benzene rings is 2. The van der Waals surface area contributed by atoms with Crippen LogP contribution in [0.5, 0.6) is 0 Å². The van der Waals surface area contributed by atoms with Gasteiger partial charge in [0.1, 0.15) is 0 Å². The smallest absolute Gasteiger partial charge is 0.231 e. The summed E-state index contributed by atoms with van der Waals surface area (Å²) in [6, 6.07) is 13.8. The van der Waals surface area contributed by atoms with Crippen LogP contribution < -0.4 is 4.90 Å². The molecule has 1 unspecified atom stereocenters. The summed E-state index contributed by atoms with van der Waals surface area (Å²) in [5.74, 6) is -0.396. The molecule has 2 aromatic rings. The second-order valence-electron chi connectivity index (χ2n) is 5.68. The van der Waals surface area contributed by atoms with Crippen LogP contribution in [0, 0.1) is 5.92 Å². The zero-order valence-electron chi connectivity index (χ0n) is 12.5. The third-order valence-corrected chi connectivity index (χ3v) is 5.99. The number of fused-ring (bicyclic) bond motifs is 1. The van der Waals surface area contributed by atoms with Crippen LogP contribution in [0.15, 0.2) is 42.5 Å². The summed E-state index contributed by atoms with van der Waals surface area (Å²) in [5.41, 5.74) is 0.856. The van der Waals surface area contributed by atoms with Crippen molar-refractivity contribution in [3.8, 4) is 0 Å². The third kappa shape index (κ3) is 2.73. The summed E-state index contributed by atoms with van der Waals surface area (Å²) in [7, 11) is -3.05. The van der Waals surface area contributed by atoms with Crippen LogP contribution in [-0.2, 0) is 14.6 Å². The van der Waals surface area contributed by atoms with E-state index in [1.165, 1.54) is 0 Å². The number of rotatable bonds is 3. The van der Waals surface area contributed by atoms with Gasteiger partial charge in [0.25, 0.3) is 0 Å². The predicted octanol–water partition coefficient (Wildman–Crippen LogP) is 2.63. The molecule has 0 spiro atoms. The Balaban J connectivity index is 1.98. The Morgan fingerprint density at radius 1 is 1.18 bits per heavy atom. The second kappa shape index (κ2) is 5.72. The lowest BCUT2D eigenvalue weighted by Crippen LogP contribution is -2.36. The van der Waals surface area contributed by atoms with Crippen LogP contribution in [0.4, 0.5) is 5.69 Å². The molecule has 1 aliphatic rings. The molecule has 1 atom stereocenters. The lowest BCUT2D eigenvalue weighted by molar-refractivity contribution is -0.121. The van der Waals surface area contributed by atoms with Crippen molar-refractivity contribution < 1.29 is 13.2 Å². The van der Waals surface area contributed by atoms with Crippen molar-refractivity contribution >= 4 is 32.2 Å². The molecule has 3 rings (SSSR count). The van der Waals surface area contributed by atoms with Crippen LogP contribution in [0.2, 0.25) is 0 Å². The first-order valence-electron chi connectivity index (χ1n) is 7.51. The largest absolute Gasteiger partial charge is 0.312 e. The quantitative estimate of drug-likeness (QED) is 0.874. The molecule has 0 aromatic heterocycles. The van der Waals surface area contributed by atoms with E-state index in [9.17, 15) is 13.2 Å². The summed E-state index contributed by atoms with van der Waals surface area (Å²) >= 11 is 0. The van der Waals surface area contributed by atoms with E-state index in [2.05, 4.69) is 0 Å². The molecular weight excluding hydrogens is 298 g/mol. The van der Waals surface area contributed by atoms with E-state index >= 15 is 0 Å². The fourth-order valence-electron chi connectivity index (χ4n) is 3.10. The second-order valence-corrected chi connectivity index (χ2v) is 7.91. The van der Waals surface area contributed by atoms with Gasteiger partial charge in [0.05, 0.1) is 23.1 Å². The number of anilines is 1. The topological polar surface area (TPSA) is 54.5 Å². The van der Waals surface area contributed by atoms with E-state index in [0.717, 1.165) is 16.5 Å². The molecule has 1 aliphatic heterocycles. The molecule has 0 radical (unpaired) electrons. The SMILES string of the molecule is CCN(C(=O)C1CCS(=O)(=O)C1)c1cccc2ccccc12. The van der Waals surface area contributed by atoms with Crippen molar-refractivity contribution in [1.29, 1.82) is 0 Å². The summed E-state index contributed by atoms with van der Waals surface area (Å²) in [6.45, 7) is 2.45. The maximum atomic E-state index is 12.8. The van der Waals surface area contributed by atoms with Gasteiger partial charge in [-0.3, -0.25) is 4.79 Å². The average Bonchev–Trinajstić information content (AvgIpc) is 2.88. The van der Waals surface area contributed by atoms with Gasteiger partial charge in [-0.2, -0.15) is 0 Å². The Morgan fingerprint density at radius 2 is 1.91 bits per heavy atom. The Hall–Kier alpha value is -1.88. The first-order valence-corrected chi connectivity index (χ1v) is 9.33. The average molecular weight is 317 g/mol. The fourth-order valence-corrected chi connectivity index (χ4v) is 4.83. The van der Waals surface area contributed by atoms with Crippen LogP contribution in [0.1, 0.15) is 13.3 Å². The van der Waals surface area contributed by atoms with Gasteiger partial charge in [0, 0.05) is 11.9 Å². The summed E-state index contributed by atoms with van der Waals surface area (Å²) < 4.78 is 23.3. The van der Waals surface area contributed by atoms with E-state index in [1.54, 1.807) is 4.90 Å². The van der Waals surface area contributed by atoms with E-state index in [4.69, 9.17) is 0 Å². The van der Waals surface area contributed by atoms with Crippen molar-refractivity contribution in [2.24, 2.45) is 5.92 Å². The zero-order valence-corrected chi connectivity index (χ0v) is 13.3. The lowest BCUT2D eigenvalue weighted by atomic mass is 10.0. The normalized spacial score (nSPS) is 20.1. The lowest BCUT2D eigenvalue weighted by Gasteiger charge is -2.25. The molecule has 1 saturated heterocycles. The van der Waals surface area contributed by atoms with E-state index in [0.29, 0.717) is 13.0 Å². The number of nitrogens with zero attached hydrogens (tertiary/aromatic N) is 1. The summed E-state index contributed by atoms with van der Waals surface area (Å²) in [5, 5.41) is 2.09. The zero-order chi connectivity index (χ0) is 15.7. The van der Waals surface area contributed by atoms with Crippen LogP contribution in [-0.4, -0.2) is 32.4 Å². The molecule has 0 aliphatic carbocycles. The highest BCUT2D eigenvalue weighted by Crippen LogP contribution is 2.29. The Morgan fingerprint density at radius 3 is 2.59 bits per heavy atom. The number of hydrogen-bond acceptors (Lipinski definition) is 3. The van der Waals surface area contributed by atoms with Gasteiger partial charge < -0.3 is 4.90 Å². The standard InChI is InChI=1S/C17H19NO3S/c1-2-18(17(19)14-10-11-22(20,21)12-14)16-9-5-7-13-6-3-4-8-15(13)16/h3-9,14H,2,10-12H2,1H3. The molecule has 1 amide bonds. The molecule has 2 aromatic carbocycles. The fraction of sp³-hybridized carbons (Fsp3) is 0.353. The van der Waals surface area contributed by atoms with Crippen molar-refractivity contribution in [1.82, 2.24) is 0 Å². The van der Waals surface area contributed by atoms with Crippen LogP contribution in [0.25, 0.3) is 10.8 Å². The Labute approximate surface area is 130 Å². The van der Waals surface area contributed by atoms with Gasteiger partial charge in [-0.05, 0) is 24.8 Å². The summed E-state index contributed by atoms with van der Waals surface area (Å²) in [4.78, 5) is 14.5. The van der Waals surface area contributed by atoms with Gasteiger partial charge >= 0.3 is 0 Å². The molecule has 116 valence electrons. The third-order valence-electron chi connectivity index (χ3n) is 4.22. The highest BCUT2D eigenvalue weighted by atomic mass is 32.2. The van der Waals surface area contributed by atoms with Gasteiger partial charge in [-0.15, -0.1) is 0 Å². The number of sulfone groups is 1. The molecule has 1 heterocycles. The van der Waals surface area contributed by atoms with Crippen LogP contribution in [0.3, 0.4) is 0 Å². The van der Waals surface area contributed by atoms with E-state index in [-0.39, 0.29) is 17.4 Å². The van der Waals surface area contributed by atoms with E-state index < -0.39 is 15.8 Å². The molecule has 0 bridgehead atoms. The summed E-state index contributed by atoms with van der Waals surface area (Å²) in [6.07, 6.45) is 0.433. The number of amides is 1. The number of carbonyl (C=O) groups excluding carboxylic acids is 1. The molecule has 5 heteroatoms. The van der Waals surface area contributed by atoms with Crippen molar-refractivity contribution in [2.45, 2.75) is 13.3 Å². The molecule has 4 nitrogen and oxygen atoms in total. The van der Waals surface area contributed by atoms with Crippen molar-refractivity contribution in [3.05, 3.63) is 42.5 Å². The first kappa shape index (κ1) is 15.0. The first-order chi connectivity index (χ1) is 10.5. The van der Waals surface area contributed by atoms with E-state index in [1.807, 2.05) is 49.4 Å². The molecule has 0 N–H and O–H groups in total. The van der Waals surface area contributed by atoms with Gasteiger partial charge in [-0.1, -0.05) is 36.4 Å². The minimum Gasteiger partial charge on any atom is -0.312 e. The van der Waals surface area contributed by atoms with Gasteiger partial charge in [0.15, 0.2) is 9.84 Å². The highest BCUT2D eigenvalue weighted by molar-refractivity contribution is 7.91. The minimum atomic E-state index is -3.05. The maximum Gasteiger partial charge on any atom is 0.231 e. The van der Waals surface area contributed by atoms with Crippen molar-refractivity contribution in [3.63, 3.8) is 0 Å². The predicted molar refractivity (Wildman–Crippen MR) is 88.7 cm³/mol. The maximum absolute atomic E-state index is 12.8.